The molecule has 1 heterocycles. The van der Waals surface area contributed by atoms with E-state index in [-0.39, 0.29) is 30.1 Å². The van der Waals surface area contributed by atoms with Crippen molar-refractivity contribution in [2.45, 2.75) is 34.6 Å². The molecule has 0 bridgehead atoms. The standard InChI is InChI=1S/C21H25NO5/c1-6-26-20(24)16-13(4)22-14(5)17(21(25)27-7-2)18(16)19(23)15-10-8-12(3)9-11-15/h8-11,18,22H,6-7H2,1-5H3. The van der Waals surface area contributed by atoms with E-state index in [1.165, 1.54) is 0 Å². The molecule has 0 saturated carbocycles. The second-order valence-corrected chi connectivity index (χ2v) is 6.31. The fourth-order valence-corrected chi connectivity index (χ4v) is 3.10. The van der Waals surface area contributed by atoms with Gasteiger partial charge in [-0.15, -0.1) is 0 Å². The molecule has 1 aromatic carbocycles. The van der Waals surface area contributed by atoms with Gasteiger partial charge in [0.1, 0.15) is 0 Å². The zero-order valence-corrected chi connectivity index (χ0v) is 16.3. The van der Waals surface area contributed by atoms with Crippen molar-refractivity contribution in [2.24, 2.45) is 5.92 Å². The molecule has 6 nitrogen and oxygen atoms in total. The number of hydrogen-bond donors (Lipinski definition) is 1. The summed E-state index contributed by atoms with van der Waals surface area (Å²) in [4.78, 5) is 38.5. The van der Waals surface area contributed by atoms with E-state index < -0.39 is 17.9 Å². The number of benzene rings is 1. The topological polar surface area (TPSA) is 81.7 Å². The highest BCUT2D eigenvalue weighted by Gasteiger charge is 2.41. The van der Waals surface area contributed by atoms with Crippen LogP contribution in [0.4, 0.5) is 0 Å². The predicted molar refractivity (Wildman–Crippen MR) is 101 cm³/mol. The molecule has 1 aliphatic heterocycles. The lowest BCUT2D eigenvalue weighted by atomic mass is 9.80. The van der Waals surface area contributed by atoms with Crippen LogP contribution in [0.25, 0.3) is 0 Å². The molecule has 0 amide bonds. The molecular weight excluding hydrogens is 346 g/mol. The maximum Gasteiger partial charge on any atom is 0.336 e. The summed E-state index contributed by atoms with van der Waals surface area (Å²) in [5.41, 5.74) is 2.67. The summed E-state index contributed by atoms with van der Waals surface area (Å²) in [7, 11) is 0. The van der Waals surface area contributed by atoms with Crippen LogP contribution in [0.2, 0.25) is 0 Å². The van der Waals surface area contributed by atoms with Gasteiger partial charge in [0.25, 0.3) is 0 Å². The van der Waals surface area contributed by atoms with E-state index in [1.807, 2.05) is 19.1 Å². The van der Waals surface area contributed by atoms with Crippen LogP contribution in [0.5, 0.6) is 0 Å². The van der Waals surface area contributed by atoms with Gasteiger partial charge in [0.05, 0.1) is 30.3 Å². The molecule has 2 rings (SSSR count). The van der Waals surface area contributed by atoms with Gasteiger partial charge in [-0.3, -0.25) is 4.79 Å². The number of ketones is 1. The van der Waals surface area contributed by atoms with Crippen molar-refractivity contribution in [1.29, 1.82) is 0 Å². The Balaban J connectivity index is 2.60. The summed E-state index contributed by atoms with van der Waals surface area (Å²) >= 11 is 0. The van der Waals surface area contributed by atoms with E-state index >= 15 is 0 Å². The minimum absolute atomic E-state index is 0.135. The summed E-state index contributed by atoms with van der Waals surface area (Å²) < 4.78 is 10.3. The third kappa shape index (κ3) is 4.27. The molecule has 0 radical (unpaired) electrons. The van der Waals surface area contributed by atoms with Crippen LogP contribution in [-0.4, -0.2) is 30.9 Å². The van der Waals surface area contributed by atoms with Crippen LogP contribution >= 0.6 is 0 Å². The monoisotopic (exact) mass is 371 g/mol. The lowest BCUT2D eigenvalue weighted by Crippen LogP contribution is -2.37. The number of aryl methyl sites for hydroxylation is 1. The summed E-state index contributed by atoms with van der Waals surface area (Å²) in [6.45, 7) is 9.00. The number of esters is 2. The number of ether oxygens (including phenoxy) is 2. The SMILES string of the molecule is CCOC(=O)C1=C(C)NC(C)=C(C(=O)OCC)C1C(=O)c1ccc(C)cc1. The summed E-state index contributed by atoms with van der Waals surface area (Å²) in [6.07, 6.45) is 0. The van der Waals surface area contributed by atoms with Crippen molar-refractivity contribution in [1.82, 2.24) is 5.32 Å². The minimum Gasteiger partial charge on any atom is -0.463 e. The number of hydrogen-bond acceptors (Lipinski definition) is 6. The quantitative estimate of drug-likeness (QED) is 0.611. The Hall–Kier alpha value is -2.89. The Labute approximate surface area is 159 Å². The number of carbonyl (C=O) groups excluding carboxylic acids is 3. The molecule has 0 aliphatic carbocycles. The van der Waals surface area contributed by atoms with Crippen LogP contribution in [0, 0.1) is 12.8 Å². The predicted octanol–water partition coefficient (Wildman–Crippen LogP) is 3.07. The third-order valence-electron chi connectivity index (χ3n) is 4.35. The molecule has 1 aliphatic rings. The molecule has 6 heteroatoms. The average Bonchev–Trinajstić information content (AvgIpc) is 2.61. The first-order valence-corrected chi connectivity index (χ1v) is 8.95. The van der Waals surface area contributed by atoms with E-state index in [9.17, 15) is 14.4 Å². The number of dihydropyridines is 1. The van der Waals surface area contributed by atoms with Gasteiger partial charge in [-0.2, -0.15) is 0 Å². The average molecular weight is 371 g/mol. The van der Waals surface area contributed by atoms with E-state index in [0.717, 1.165) is 5.56 Å². The molecule has 0 spiro atoms. The maximum atomic E-state index is 13.3. The molecule has 1 N–H and O–H groups in total. The summed E-state index contributed by atoms with van der Waals surface area (Å²) in [6, 6.07) is 7.01. The van der Waals surface area contributed by atoms with Crippen molar-refractivity contribution >= 4 is 17.7 Å². The molecule has 0 unspecified atom stereocenters. The third-order valence-corrected chi connectivity index (χ3v) is 4.35. The normalized spacial score (nSPS) is 14.7. The van der Waals surface area contributed by atoms with Gasteiger partial charge in [0.2, 0.25) is 0 Å². The Morgan fingerprint density at radius 2 is 1.30 bits per heavy atom. The van der Waals surface area contributed by atoms with Gasteiger partial charge < -0.3 is 14.8 Å². The van der Waals surface area contributed by atoms with Gasteiger partial charge in [-0.05, 0) is 34.6 Å². The number of allylic oxidation sites excluding steroid dienone is 2. The summed E-state index contributed by atoms with van der Waals surface area (Å²) in [5.74, 6) is -2.67. The first-order valence-electron chi connectivity index (χ1n) is 8.95. The van der Waals surface area contributed by atoms with E-state index in [2.05, 4.69) is 5.32 Å². The Kier molecular flexibility index (Phi) is 6.55. The van der Waals surface area contributed by atoms with Crippen molar-refractivity contribution in [3.63, 3.8) is 0 Å². The highest BCUT2D eigenvalue weighted by molar-refractivity contribution is 6.12. The van der Waals surface area contributed by atoms with Gasteiger partial charge in [0.15, 0.2) is 5.78 Å². The molecule has 144 valence electrons. The van der Waals surface area contributed by atoms with Gasteiger partial charge in [0, 0.05) is 17.0 Å². The number of rotatable bonds is 6. The zero-order chi connectivity index (χ0) is 20.1. The fraction of sp³-hybridized carbons (Fsp3) is 0.381. The van der Waals surface area contributed by atoms with Crippen LogP contribution < -0.4 is 5.32 Å². The largest absolute Gasteiger partial charge is 0.463 e. The molecular formula is C21H25NO5. The number of Topliss-reactive ketones (excluding diaryl/α,β-unsaturated/α-hetero) is 1. The second-order valence-electron chi connectivity index (χ2n) is 6.31. The number of nitrogens with one attached hydrogen (secondary N) is 1. The van der Waals surface area contributed by atoms with E-state index in [4.69, 9.17) is 9.47 Å². The van der Waals surface area contributed by atoms with Crippen molar-refractivity contribution in [3.8, 4) is 0 Å². The first-order chi connectivity index (χ1) is 12.8. The Bertz CT molecular complexity index is 777. The van der Waals surface area contributed by atoms with Crippen molar-refractivity contribution in [3.05, 3.63) is 57.9 Å². The highest BCUT2D eigenvalue weighted by Crippen LogP contribution is 2.34. The van der Waals surface area contributed by atoms with Crippen LogP contribution in [0.1, 0.15) is 43.6 Å². The maximum absolute atomic E-state index is 13.3. The smallest absolute Gasteiger partial charge is 0.336 e. The fourth-order valence-electron chi connectivity index (χ4n) is 3.10. The van der Waals surface area contributed by atoms with Crippen molar-refractivity contribution in [2.75, 3.05) is 13.2 Å². The van der Waals surface area contributed by atoms with Gasteiger partial charge >= 0.3 is 11.9 Å². The van der Waals surface area contributed by atoms with Crippen LogP contribution in [0.3, 0.4) is 0 Å². The van der Waals surface area contributed by atoms with Crippen molar-refractivity contribution < 1.29 is 23.9 Å². The molecule has 0 fully saturated rings. The first kappa shape index (κ1) is 20.4. The highest BCUT2D eigenvalue weighted by atomic mass is 16.5. The van der Waals surface area contributed by atoms with E-state index in [0.29, 0.717) is 17.0 Å². The molecule has 1 aromatic rings. The second kappa shape index (κ2) is 8.66. The zero-order valence-electron chi connectivity index (χ0n) is 16.3. The molecule has 0 atom stereocenters. The Morgan fingerprint density at radius 1 is 0.852 bits per heavy atom. The molecule has 0 saturated heterocycles. The lowest BCUT2D eigenvalue weighted by molar-refractivity contribution is -0.139. The number of carbonyl (C=O) groups is 3. The van der Waals surface area contributed by atoms with Crippen LogP contribution in [0.15, 0.2) is 46.8 Å². The van der Waals surface area contributed by atoms with E-state index in [1.54, 1.807) is 39.8 Å². The minimum atomic E-state index is -1.08. The summed E-state index contributed by atoms with van der Waals surface area (Å²) in [5, 5.41) is 3.01. The van der Waals surface area contributed by atoms with Gasteiger partial charge in [-0.25, -0.2) is 9.59 Å². The lowest BCUT2D eigenvalue weighted by Gasteiger charge is -2.29. The Morgan fingerprint density at radius 3 is 1.70 bits per heavy atom. The molecule has 0 aromatic heterocycles. The van der Waals surface area contributed by atoms with Gasteiger partial charge in [-0.1, -0.05) is 29.8 Å². The molecule has 27 heavy (non-hydrogen) atoms. The van der Waals surface area contributed by atoms with Crippen LogP contribution in [-0.2, 0) is 19.1 Å².